The number of esters is 1. The minimum atomic E-state index is -0.326. The molecule has 0 saturated heterocycles. The number of nitrogen functional groups attached to an aromatic ring is 1. The summed E-state index contributed by atoms with van der Waals surface area (Å²) in [6.07, 6.45) is 0.706. The van der Waals surface area contributed by atoms with Crippen LogP contribution in [0.15, 0.2) is 83.7 Å². The number of nitrogens with zero attached hydrogens (tertiary/aromatic N) is 3. The van der Waals surface area contributed by atoms with Crippen molar-refractivity contribution in [2.24, 2.45) is 5.73 Å². The molecule has 1 heterocycles. The van der Waals surface area contributed by atoms with Gasteiger partial charge in [-0.1, -0.05) is 42.5 Å². The maximum atomic E-state index is 13.5. The molecule has 3 aromatic carbocycles. The number of carbonyl (C=O) groups excluding carboxylic acids is 1. The Morgan fingerprint density at radius 1 is 0.972 bits per heavy atom. The fourth-order valence-corrected chi connectivity index (χ4v) is 3.70. The summed E-state index contributed by atoms with van der Waals surface area (Å²) in [5.74, 6) is 0.222. The number of carbonyl (C=O) groups is 1. The summed E-state index contributed by atoms with van der Waals surface area (Å²) in [5, 5.41) is 12.2. The van der Waals surface area contributed by atoms with Crippen LogP contribution >= 0.6 is 12.4 Å². The fourth-order valence-electron chi connectivity index (χ4n) is 3.70. The molecule has 8 nitrogen and oxygen atoms in total. The van der Waals surface area contributed by atoms with Crippen LogP contribution in [0.4, 0.5) is 0 Å². The molecule has 0 spiro atoms. The Bertz CT molecular complexity index is 1390. The molecule has 4 aromatic rings. The molecule has 0 bridgehead atoms. The van der Waals surface area contributed by atoms with Crippen LogP contribution in [0.5, 0.6) is 0 Å². The Balaban J connectivity index is 0.00000361. The molecule has 4 rings (SSSR count). The van der Waals surface area contributed by atoms with Gasteiger partial charge < -0.3 is 10.5 Å². The first-order valence-electron chi connectivity index (χ1n) is 11.3. The van der Waals surface area contributed by atoms with Crippen molar-refractivity contribution in [3.63, 3.8) is 0 Å². The standard InChI is InChI=1S/C27H27N5O3.ClH/c1-18(2)35-24(33)17-10-19-8-13-22(14-9-19)31-26(21-6-4-3-5-7-21)30-32(27(31)34)23-15-11-20(12-16-23)25(28)29;/h3-9,11-16,18H,10,17H2,1-2H3,(H3,28,29);1H. The van der Waals surface area contributed by atoms with Crippen molar-refractivity contribution >= 4 is 24.2 Å². The molecule has 36 heavy (non-hydrogen) atoms. The van der Waals surface area contributed by atoms with Gasteiger partial charge in [0.1, 0.15) is 5.84 Å². The molecule has 0 saturated carbocycles. The van der Waals surface area contributed by atoms with Gasteiger partial charge in [0.2, 0.25) is 0 Å². The van der Waals surface area contributed by atoms with E-state index < -0.39 is 0 Å². The number of benzene rings is 3. The van der Waals surface area contributed by atoms with E-state index in [2.05, 4.69) is 5.10 Å². The number of nitrogens with two attached hydrogens (primary N) is 1. The van der Waals surface area contributed by atoms with Crippen LogP contribution in [0.2, 0.25) is 0 Å². The van der Waals surface area contributed by atoms with Gasteiger partial charge >= 0.3 is 11.7 Å². The maximum absolute atomic E-state index is 13.5. The van der Waals surface area contributed by atoms with Crippen LogP contribution in [0.25, 0.3) is 22.8 Å². The first kappa shape index (κ1) is 26.4. The molecule has 0 aliphatic rings. The lowest BCUT2D eigenvalue weighted by Gasteiger charge is -2.09. The third-order valence-corrected chi connectivity index (χ3v) is 5.41. The Labute approximate surface area is 215 Å². The Hall–Kier alpha value is -4.17. The first-order chi connectivity index (χ1) is 16.8. The zero-order chi connectivity index (χ0) is 24.9. The number of halogens is 1. The van der Waals surface area contributed by atoms with E-state index in [9.17, 15) is 9.59 Å². The van der Waals surface area contributed by atoms with E-state index in [1.165, 1.54) is 4.68 Å². The van der Waals surface area contributed by atoms with Gasteiger partial charge in [-0.2, -0.15) is 4.68 Å². The fraction of sp³-hybridized carbons (Fsp3) is 0.185. The summed E-state index contributed by atoms with van der Waals surface area (Å²) in [6.45, 7) is 3.65. The Kier molecular flexibility index (Phi) is 8.45. The number of ether oxygens (including phenoxy) is 1. The number of amidine groups is 1. The molecular weight excluding hydrogens is 478 g/mol. The van der Waals surface area contributed by atoms with Crippen LogP contribution in [0.1, 0.15) is 31.4 Å². The molecule has 9 heteroatoms. The quantitative estimate of drug-likeness (QED) is 0.210. The van der Waals surface area contributed by atoms with Crippen LogP contribution < -0.4 is 11.4 Å². The number of nitrogens with one attached hydrogen (secondary N) is 1. The highest BCUT2D eigenvalue weighted by atomic mass is 35.5. The predicted octanol–water partition coefficient (Wildman–Crippen LogP) is 4.28. The molecule has 0 radical (unpaired) electrons. The largest absolute Gasteiger partial charge is 0.463 e. The SMILES string of the molecule is CC(C)OC(=O)CCc1ccc(-n2c(-c3ccccc3)nn(-c3ccc(C(=N)N)cc3)c2=O)cc1.Cl. The molecule has 186 valence electrons. The van der Waals surface area contributed by atoms with E-state index in [1.807, 2.05) is 68.4 Å². The van der Waals surface area contributed by atoms with E-state index in [-0.39, 0.29) is 36.0 Å². The second-order valence-corrected chi connectivity index (χ2v) is 8.39. The summed E-state index contributed by atoms with van der Waals surface area (Å²) in [6, 6.07) is 23.8. The molecule has 0 aliphatic heterocycles. The Morgan fingerprint density at radius 3 is 2.17 bits per heavy atom. The van der Waals surface area contributed by atoms with Crippen molar-refractivity contribution in [1.82, 2.24) is 14.3 Å². The average Bonchev–Trinajstić information content (AvgIpc) is 3.20. The molecule has 0 unspecified atom stereocenters. The number of aromatic nitrogens is 3. The Morgan fingerprint density at radius 2 is 1.58 bits per heavy atom. The zero-order valence-corrected chi connectivity index (χ0v) is 20.9. The van der Waals surface area contributed by atoms with Crippen molar-refractivity contribution in [2.45, 2.75) is 32.8 Å². The van der Waals surface area contributed by atoms with Crippen molar-refractivity contribution in [1.29, 1.82) is 5.41 Å². The lowest BCUT2D eigenvalue weighted by Crippen LogP contribution is -2.23. The summed E-state index contributed by atoms with van der Waals surface area (Å²) in [4.78, 5) is 25.4. The van der Waals surface area contributed by atoms with E-state index in [0.29, 0.717) is 35.6 Å². The topological polar surface area (TPSA) is 116 Å². The third kappa shape index (κ3) is 5.90. The molecular formula is C27H28ClN5O3. The monoisotopic (exact) mass is 505 g/mol. The molecule has 0 fully saturated rings. The second-order valence-electron chi connectivity index (χ2n) is 8.39. The number of hydrogen-bond acceptors (Lipinski definition) is 5. The van der Waals surface area contributed by atoms with Gasteiger partial charge in [-0.15, -0.1) is 17.5 Å². The van der Waals surface area contributed by atoms with Gasteiger partial charge in [-0.05, 0) is 62.2 Å². The van der Waals surface area contributed by atoms with Crippen molar-refractivity contribution in [2.75, 3.05) is 0 Å². The first-order valence-corrected chi connectivity index (χ1v) is 11.3. The molecule has 1 aromatic heterocycles. The zero-order valence-electron chi connectivity index (χ0n) is 20.0. The van der Waals surface area contributed by atoms with Crippen LogP contribution in [-0.4, -0.2) is 32.3 Å². The number of hydrogen-bond donors (Lipinski definition) is 2. The van der Waals surface area contributed by atoms with E-state index in [1.54, 1.807) is 28.8 Å². The summed E-state index contributed by atoms with van der Waals surface area (Å²) in [7, 11) is 0. The van der Waals surface area contributed by atoms with Gasteiger partial charge in [0.05, 0.1) is 17.5 Å². The van der Waals surface area contributed by atoms with Crippen molar-refractivity contribution in [3.05, 3.63) is 100 Å². The van der Waals surface area contributed by atoms with Gasteiger partial charge in [0.25, 0.3) is 0 Å². The maximum Gasteiger partial charge on any atom is 0.355 e. The van der Waals surface area contributed by atoms with E-state index >= 15 is 0 Å². The van der Waals surface area contributed by atoms with Gasteiger partial charge in [-0.25, -0.2) is 9.36 Å². The minimum absolute atomic E-state index is 0. The lowest BCUT2D eigenvalue weighted by atomic mass is 10.1. The lowest BCUT2D eigenvalue weighted by molar-refractivity contribution is -0.147. The minimum Gasteiger partial charge on any atom is -0.463 e. The highest BCUT2D eigenvalue weighted by Gasteiger charge is 2.18. The van der Waals surface area contributed by atoms with E-state index in [0.717, 1.165) is 11.1 Å². The second kappa shape index (κ2) is 11.5. The van der Waals surface area contributed by atoms with Crippen LogP contribution in [-0.2, 0) is 16.0 Å². The predicted molar refractivity (Wildman–Crippen MR) is 142 cm³/mol. The molecule has 3 N–H and O–H groups in total. The normalized spacial score (nSPS) is 10.6. The average molecular weight is 506 g/mol. The smallest absolute Gasteiger partial charge is 0.355 e. The van der Waals surface area contributed by atoms with Crippen molar-refractivity contribution in [3.8, 4) is 22.8 Å². The molecule has 0 atom stereocenters. The van der Waals surface area contributed by atoms with E-state index in [4.69, 9.17) is 15.9 Å². The number of rotatable bonds is 8. The third-order valence-electron chi connectivity index (χ3n) is 5.41. The highest BCUT2D eigenvalue weighted by molar-refractivity contribution is 5.95. The van der Waals surface area contributed by atoms with Gasteiger partial charge in [-0.3, -0.25) is 10.2 Å². The van der Waals surface area contributed by atoms with Gasteiger partial charge in [0.15, 0.2) is 5.82 Å². The number of aryl methyl sites for hydroxylation is 1. The summed E-state index contributed by atoms with van der Waals surface area (Å²) >= 11 is 0. The summed E-state index contributed by atoms with van der Waals surface area (Å²) in [5.41, 5.74) is 8.79. The molecule has 0 amide bonds. The van der Waals surface area contributed by atoms with Crippen LogP contribution in [0.3, 0.4) is 0 Å². The summed E-state index contributed by atoms with van der Waals surface area (Å²) < 4.78 is 8.09. The molecule has 0 aliphatic carbocycles. The van der Waals surface area contributed by atoms with Crippen LogP contribution in [0, 0.1) is 5.41 Å². The van der Waals surface area contributed by atoms with Gasteiger partial charge in [0, 0.05) is 17.5 Å². The van der Waals surface area contributed by atoms with Crippen molar-refractivity contribution < 1.29 is 9.53 Å². The highest BCUT2D eigenvalue weighted by Crippen LogP contribution is 2.21.